The fraction of sp³-hybridized carbons (Fsp3) is 0.0455. The van der Waals surface area contributed by atoms with Crippen molar-refractivity contribution in [1.29, 1.82) is 0 Å². The standard InChI is InChI=1S/C22H17ClN2O4/c23-19-9-5-4-8-18(19)22(28)29-17-12-10-15(11-13-17)14-24-25-21(27)20(26)16-6-2-1-3-7-16/h1-14,20,26H,(H,25,27)/b24-14-/t20-/m1/s1. The maximum absolute atomic E-state index is 12.1. The van der Waals surface area contributed by atoms with Gasteiger partial charge in [-0.25, -0.2) is 10.2 Å². The normalized spacial score (nSPS) is 11.8. The predicted molar refractivity (Wildman–Crippen MR) is 110 cm³/mol. The van der Waals surface area contributed by atoms with Gasteiger partial charge in [0.1, 0.15) is 5.75 Å². The van der Waals surface area contributed by atoms with Crippen molar-refractivity contribution in [3.05, 3.63) is 101 Å². The first kappa shape index (κ1) is 20.3. The number of amides is 1. The summed E-state index contributed by atoms with van der Waals surface area (Å²) in [6, 6.07) is 21.7. The number of halogens is 1. The average molecular weight is 409 g/mol. The SMILES string of the molecule is O=C(Oc1ccc(/C=N\NC(=O)[C@H](O)c2ccccc2)cc1)c1ccccc1Cl. The number of aliphatic hydroxyl groups is 1. The maximum atomic E-state index is 12.1. The minimum absolute atomic E-state index is 0.277. The van der Waals surface area contributed by atoms with Gasteiger partial charge in [-0.1, -0.05) is 54.1 Å². The van der Waals surface area contributed by atoms with Crippen LogP contribution in [0.3, 0.4) is 0 Å². The first-order valence-corrected chi connectivity index (χ1v) is 9.05. The van der Waals surface area contributed by atoms with Gasteiger partial charge in [-0.3, -0.25) is 4.79 Å². The van der Waals surface area contributed by atoms with Crippen LogP contribution in [0.25, 0.3) is 0 Å². The summed E-state index contributed by atoms with van der Waals surface area (Å²) >= 11 is 5.98. The number of nitrogens with zero attached hydrogens (tertiary/aromatic N) is 1. The van der Waals surface area contributed by atoms with Gasteiger partial charge in [0.15, 0.2) is 6.10 Å². The topological polar surface area (TPSA) is 88.0 Å². The molecule has 146 valence electrons. The minimum atomic E-state index is -1.31. The van der Waals surface area contributed by atoms with Crippen LogP contribution in [0.1, 0.15) is 27.6 Å². The summed E-state index contributed by atoms with van der Waals surface area (Å²) in [5.41, 5.74) is 3.70. The van der Waals surface area contributed by atoms with Crippen LogP contribution in [0.15, 0.2) is 84.0 Å². The molecule has 0 saturated carbocycles. The van der Waals surface area contributed by atoms with Gasteiger partial charge in [-0.05, 0) is 47.5 Å². The molecule has 0 fully saturated rings. The minimum Gasteiger partial charge on any atom is -0.423 e. The average Bonchev–Trinajstić information content (AvgIpc) is 2.75. The van der Waals surface area contributed by atoms with Gasteiger partial charge in [0.2, 0.25) is 0 Å². The molecule has 29 heavy (non-hydrogen) atoms. The Labute approximate surface area is 172 Å². The van der Waals surface area contributed by atoms with E-state index in [0.29, 0.717) is 21.9 Å². The molecule has 0 saturated heterocycles. The molecule has 0 unspecified atom stereocenters. The lowest BCUT2D eigenvalue weighted by Gasteiger charge is -2.08. The van der Waals surface area contributed by atoms with Crippen molar-refractivity contribution in [3.63, 3.8) is 0 Å². The number of hydrazone groups is 1. The van der Waals surface area contributed by atoms with E-state index in [9.17, 15) is 14.7 Å². The van der Waals surface area contributed by atoms with Gasteiger partial charge in [0.05, 0.1) is 16.8 Å². The van der Waals surface area contributed by atoms with Gasteiger partial charge in [0, 0.05) is 0 Å². The summed E-state index contributed by atoms with van der Waals surface area (Å²) in [4.78, 5) is 24.1. The smallest absolute Gasteiger partial charge is 0.345 e. The Morgan fingerprint density at radius 1 is 0.966 bits per heavy atom. The molecule has 0 bridgehead atoms. The molecular weight excluding hydrogens is 392 g/mol. The largest absolute Gasteiger partial charge is 0.423 e. The third-order valence-corrected chi connectivity index (χ3v) is 4.27. The molecule has 0 aliphatic heterocycles. The Bertz CT molecular complexity index is 1020. The van der Waals surface area contributed by atoms with Crippen LogP contribution < -0.4 is 10.2 Å². The van der Waals surface area contributed by atoms with Gasteiger partial charge in [-0.15, -0.1) is 0 Å². The lowest BCUT2D eigenvalue weighted by Crippen LogP contribution is -2.25. The summed E-state index contributed by atoms with van der Waals surface area (Å²) < 4.78 is 5.29. The maximum Gasteiger partial charge on any atom is 0.345 e. The molecule has 3 aromatic rings. The van der Waals surface area contributed by atoms with Gasteiger partial charge >= 0.3 is 5.97 Å². The zero-order chi connectivity index (χ0) is 20.6. The van der Waals surface area contributed by atoms with Gasteiger partial charge < -0.3 is 9.84 Å². The van der Waals surface area contributed by atoms with E-state index in [1.165, 1.54) is 6.21 Å². The van der Waals surface area contributed by atoms with Gasteiger partial charge in [0.25, 0.3) is 5.91 Å². The molecule has 0 heterocycles. The van der Waals surface area contributed by atoms with E-state index in [1.807, 2.05) is 0 Å². The van der Waals surface area contributed by atoms with E-state index < -0.39 is 18.0 Å². The van der Waals surface area contributed by atoms with E-state index in [-0.39, 0.29) is 5.56 Å². The number of carbonyl (C=O) groups excluding carboxylic acids is 2. The van der Waals surface area contributed by atoms with Crippen molar-refractivity contribution in [2.45, 2.75) is 6.10 Å². The molecule has 6 nitrogen and oxygen atoms in total. The van der Waals surface area contributed by atoms with Gasteiger partial charge in [-0.2, -0.15) is 5.10 Å². The quantitative estimate of drug-likeness (QED) is 0.281. The van der Waals surface area contributed by atoms with E-state index >= 15 is 0 Å². The second kappa shape index (κ2) is 9.64. The van der Waals surface area contributed by atoms with Crippen molar-refractivity contribution in [3.8, 4) is 5.75 Å². The van der Waals surface area contributed by atoms with E-state index in [0.717, 1.165) is 0 Å². The Morgan fingerprint density at radius 2 is 1.62 bits per heavy atom. The highest BCUT2D eigenvalue weighted by Gasteiger charge is 2.16. The molecule has 7 heteroatoms. The molecule has 0 spiro atoms. The number of benzene rings is 3. The Kier molecular flexibility index (Phi) is 6.73. The monoisotopic (exact) mass is 408 g/mol. The number of hydrogen-bond donors (Lipinski definition) is 2. The molecule has 0 radical (unpaired) electrons. The van der Waals surface area contributed by atoms with Crippen molar-refractivity contribution in [2.75, 3.05) is 0 Å². The first-order chi connectivity index (χ1) is 14.0. The number of rotatable bonds is 6. The zero-order valence-corrected chi connectivity index (χ0v) is 15.9. The summed E-state index contributed by atoms with van der Waals surface area (Å²) in [7, 11) is 0. The fourth-order valence-corrected chi connectivity index (χ4v) is 2.64. The van der Waals surface area contributed by atoms with Crippen LogP contribution in [0, 0.1) is 0 Å². The molecular formula is C22H17ClN2O4. The molecule has 1 atom stereocenters. The Balaban J connectivity index is 1.55. The molecule has 1 amide bonds. The van der Waals surface area contributed by atoms with E-state index in [2.05, 4.69) is 10.5 Å². The van der Waals surface area contributed by atoms with Crippen molar-refractivity contribution in [1.82, 2.24) is 5.43 Å². The first-order valence-electron chi connectivity index (χ1n) is 8.67. The van der Waals surface area contributed by atoms with Crippen LogP contribution in [0.5, 0.6) is 5.75 Å². The molecule has 0 aromatic heterocycles. The molecule has 0 aliphatic carbocycles. The van der Waals surface area contributed by atoms with Crippen LogP contribution in [0.2, 0.25) is 5.02 Å². The third kappa shape index (κ3) is 5.51. The van der Waals surface area contributed by atoms with Crippen LogP contribution in [0.4, 0.5) is 0 Å². The number of hydrogen-bond acceptors (Lipinski definition) is 5. The van der Waals surface area contributed by atoms with Crippen LogP contribution in [-0.2, 0) is 4.79 Å². The third-order valence-electron chi connectivity index (χ3n) is 3.94. The van der Waals surface area contributed by atoms with Crippen LogP contribution in [-0.4, -0.2) is 23.2 Å². The fourth-order valence-electron chi connectivity index (χ4n) is 2.43. The zero-order valence-electron chi connectivity index (χ0n) is 15.2. The second-order valence-electron chi connectivity index (χ2n) is 5.99. The highest BCUT2D eigenvalue weighted by Crippen LogP contribution is 2.19. The van der Waals surface area contributed by atoms with E-state index in [4.69, 9.17) is 16.3 Å². The second-order valence-corrected chi connectivity index (χ2v) is 6.39. The number of aliphatic hydroxyl groups excluding tert-OH is 1. The molecule has 3 rings (SSSR count). The van der Waals surface area contributed by atoms with E-state index in [1.54, 1.807) is 78.9 Å². The lowest BCUT2D eigenvalue weighted by molar-refractivity contribution is -0.129. The lowest BCUT2D eigenvalue weighted by atomic mass is 10.1. The highest BCUT2D eigenvalue weighted by molar-refractivity contribution is 6.33. The summed E-state index contributed by atoms with van der Waals surface area (Å²) in [5, 5.41) is 14.1. The van der Waals surface area contributed by atoms with Crippen molar-refractivity contribution < 1.29 is 19.4 Å². The molecule has 3 aromatic carbocycles. The highest BCUT2D eigenvalue weighted by atomic mass is 35.5. The van der Waals surface area contributed by atoms with Crippen LogP contribution >= 0.6 is 11.6 Å². The number of carbonyl (C=O) groups is 2. The summed E-state index contributed by atoms with van der Waals surface area (Å²) in [5.74, 6) is -0.854. The summed E-state index contributed by atoms with van der Waals surface area (Å²) in [6.45, 7) is 0. The predicted octanol–water partition coefficient (Wildman–Crippen LogP) is 3.74. The number of ether oxygens (including phenoxy) is 1. The van der Waals surface area contributed by atoms with Crippen molar-refractivity contribution >= 4 is 29.7 Å². The molecule has 2 N–H and O–H groups in total. The van der Waals surface area contributed by atoms with Crippen molar-refractivity contribution in [2.24, 2.45) is 5.10 Å². The Hall–Kier alpha value is -3.48. The summed E-state index contributed by atoms with van der Waals surface area (Å²) in [6.07, 6.45) is 0.106. The molecule has 0 aliphatic rings. The number of nitrogens with one attached hydrogen (secondary N) is 1. The Morgan fingerprint density at radius 3 is 2.31 bits per heavy atom. The number of esters is 1.